The molecule has 2 aromatic rings. The summed E-state index contributed by atoms with van der Waals surface area (Å²) >= 11 is 2.23. The van der Waals surface area contributed by atoms with Crippen molar-refractivity contribution in [3.63, 3.8) is 0 Å². The molecular formula is C18H17IN2O. The maximum Gasteiger partial charge on any atom is 0.254 e. The van der Waals surface area contributed by atoms with Gasteiger partial charge < -0.3 is 4.90 Å². The fourth-order valence-electron chi connectivity index (χ4n) is 2.20. The molecule has 0 bridgehead atoms. The first kappa shape index (κ1) is 16.5. The highest BCUT2D eigenvalue weighted by molar-refractivity contribution is 14.1. The Balaban J connectivity index is 2.16. The molecule has 0 saturated heterocycles. The number of amides is 1. The zero-order valence-corrected chi connectivity index (χ0v) is 14.6. The highest BCUT2D eigenvalue weighted by atomic mass is 127. The molecule has 0 unspecified atom stereocenters. The fraction of sp³-hybridized carbons (Fsp3) is 0.222. The maximum absolute atomic E-state index is 12.6. The van der Waals surface area contributed by atoms with Crippen LogP contribution in [0.4, 0.5) is 0 Å². The lowest BCUT2D eigenvalue weighted by Gasteiger charge is -2.22. The highest BCUT2D eigenvalue weighted by Gasteiger charge is 2.15. The number of nitrogens with zero attached hydrogens (tertiary/aromatic N) is 2. The lowest BCUT2D eigenvalue weighted by atomic mass is 10.1. The number of hydrogen-bond donors (Lipinski definition) is 0. The first-order valence-corrected chi connectivity index (χ1v) is 8.25. The van der Waals surface area contributed by atoms with Gasteiger partial charge in [-0.3, -0.25) is 4.79 Å². The summed E-state index contributed by atoms with van der Waals surface area (Å²) in [5.74, 6) is 0.0441. The topological polar surface area (TPSA) is 44.1 Å². The standard InChI is InChI=1S/C18H17IN2O/c1-2-11-21(13-15-5-3-14(12-20)4-6-15)18(22)16-7-9-17(19)10-8-16/h3-10H,2,11,13H2,1H3. The molecule has 0 saturated carbocycles. The van der Waals surface area contributed by atoms with E-state index in [4.69, 9.17) is 5.26 Å². The SMILES string of the molecule is CCCN(Cc1ccc(C#N)cc1)C(=O)c1ccc(I)cc1. The molecule has 0 N–H and O–H groups in total. The molecule has 1 amide bonds. The van der Waals surface area contributed by atoms with Crippen molar-refractivity contribution in [1.82, 2.24) is 4.90 Å². The number of halogens is 1. The summed E-state index contributed by atoms with van der Waals surface area (Å²) in [4.78, 5) is 14.5. The molecule has 0 radical (unpaired) electrons. The van der Waals surface area contributed by atoms with Crippen molar-refractivity contribution >= 4 is 28.5 Å². The van der Waals surface area contributed by atoms with E-state index in [0.29, 0.717) is 24.2 Å². The second kappa shape index (κ2) is 7.95. The van der Waals surface area contributed by atoms with Gasteiger partial charge in [0.2, 0.25) is 0 Å². The summed E-state index contributed by atoms with van der Waals surface area (Å²) < 4.78 is 1.11. The van der Waals surface area contributed by atoms with Crippen LogP contribution in [0.25, 0.3) is 0 Å². The molecule has 0 atom stereocenters. The van der Waals surface area contributed by atoms with E-state index in [1.807, 2.05) is 41.3 Å². The van der Waals surface area contributed by atoms with Crippen LogP contribution < -0.4 is 0 Å². The van der Waals surface area contributed by atoms with Gasteiger partial charge in [0.25, 0.3) is 5.91 Å². The Morgan fingerprint density at radius 3 is 2.32 bits per heavy atom. The molecule has 0 aliphatic rings. The molecule has 0 aliphatic heterocycles. The van der Waals surface area contributed by atoms with Crippen LogP contribution in [-0.4, -0.2) is 17.4 Å². The molecule has 0 fully saturated rings. The van der Waals surface area contributed by atoms with E-state index >= 15 is 0 Å². The van der Waals surface area contributed by atoms with Gasteiger partial charge in [0, 0.05) is 22.2 Å². The molecule has 3 nitrogen and oxygen atoms in total. The van der Waals surface area contributed by atoms with Crippen LogP contribution in [0.1, 0.15) is 34.8 Å². The number of carbonyl (C=O) groups excluding carboxylic acids is 1. The van der Waals surface area contributed by atoms with E-state index in [0.717, 1.165) is 15.6 Å². The van der Waals surface area contributed by atoms with E-state index in [9.17, 15) is 4.79 Å². The number of hydrogen-bond acceptors (Lipinski definition) is 2. The van der Waals surface area contributed by atoms with Crippen LogP contribution in [0.15, 0.2) is 48.5 Å². The molecule has 22 heavy (non-hydrogen) atoms. The molecule has 0 aromatic heterocycles. The molecule has 2 rings (SSSR count). The number of rotatable bonds is 5. The minimum atomic E-state index is 0.0441. The molecule has 0 heterocycles. The normalized spacial score (nSPS) is 10.0. The Morgan fingerprint density at radius 1 is 1.14 bits per heavy atom. The average molecular weight is 404 g/mol. The van der Waals surface area contributed by atoms with Crippen LogP contribution in [0.5, 0.6) is 0 Å². The van der Waals surface area contributed by atoms with Crippen LogP contribution >= 0.6 is 22.6 Å². The predicted molar refractivity (Wildman–Crippen MR) is 95.3 cm³/mol. The summed E-state index contributed by atoms with van der Waals surface area (Å²) in [5.41, 5.74) is 2.38. The van der Waals surface area contributed by atoms with E-state index in [-0.39, 0.29) is 5.91 Å². The molecule has 112 valence electrons. The van der Waals surface area contributed by atoms with Crippen molar-refractivity contribution in [1.29, 1.82) is 5.26 Å². The van der Waals surface area contributed by atoms with Crippen molar-refractivity contribution < 1.29 is 4.79 Å². The van der Waals surface area contributed by atoms with Crippen molar-refractivity contribution in [2.24, 2.45) is 0 Å². The molecule has 0 spiro atoms. The van der Waals surface area contributed by atoms with E-state index < -0.39 is 0 Å². The monoisotopic (exact) mass is 404 g/mol. The van der Waals surface area contributed by atoms with Gasteiger partial charge in [-0.1, -0.05) is 19.1 Å². The van der Waals surface area contributed by atoms with E-state index in [1.54, 1.807) is 12.1 Å². The van der Waals surface area contributed by atoms with Crippen molar-refractivity contribution in [3.8, 4) is 6.07 Å². The van der Waals surface area contributed by atoms with Gasteiger partial charge in [-0.15, -0.1) is 0 Å². The molecule has 0 aliphatic carbocycles. The number of nitriles is 1. The predicted octanol–water partition coefficient (Wildman–Crippen LogP) is 4.22. The second-order valence-electron chi connectivity index (χ2n) is 5.04. The Hall–Kier alpha value is -1.87. The Morgan fingerprint density at radius 2 is 1.77 bits per heavy atom. The van der Waals surface area contributed by atoms with Crippen LogP contribution in [0, 0.1) is 14.9 Å². The van der Waals surface area contributed by atoms with E-state index in [1.165, 1.54) is 0 Å². The van der Waals surface area contributed by atoms with Crippen molar-refractivity contribution in [3.05, 3.63) is 68.8 Å². The van der Waals surface area contributed by atoms with Crippen molar-refractivity contribution in [2.45, 2.75) is 19.9 Å². The first-order chi connectivity index (χ1) is 10.6. The van der Waals surface area contributed by atoms with Crippen molar-refractivity contribution in [2.75, 3.05) is 6.54 Å². The summed E-state index contributed by atoms with van der Waals surface area (Å²) in [5, 5.41) is 8.84. The molecule has 2 aromatic carbocycles. The Labute approximate surface area is 144 Å². The summed E-state index contributed by atoms with van der Waals surface area (Å²) in [7, 11) is 0. The van der Waals surface area contributed by atoms with Gasteiger partial charge in [0.1, 0.15) is 0 Å². The minimum Gasteiger partial charge on any atom is -0.334 e. The van der Waals surface area contributed by atoms with Gasteiger partial charge in [-0.2, -0.15) is 5.26 Å². The van der Waals surface area contributed by atoms with Crippen LogP contribution in [0.3, 0.4) is 0 Å². The quantitative estimate of drug-likeness (QED) is 0.701. The molecule has 4 heteroatoms. The third-order valence-electron chi connectivity index (χ3n) is 3.33. The smallest absolute Gasteiger partial charge is 0.254 e. The van der Waals surface area contributed by atoms with Gasteiger partial charge in [0.05, 0.1) is 11.6 Å². The minimum absolute atomic E-state index is 0.0441. The van der Waals surface area contributed by atoms with Crippen LogP contribution in [-0.2, 0) is 6.54 Å². The summed E-state index contributed by atoms with van der Waals surface area (Å²) in [6.45, 7) is 3.34. The average Bonchev–Trinajstić information content (AvgIpc) is 2.55. The Kier molecular flexibility index (Phi) is 5.96. The largest absolute Gasteiger partial charge is 0.334 e. The second-order valence-corrected chi connectivity index (χ2v) is 6.29. The van der Waals surface area contributed by atoms with Gasteiger partial charge >= 0.3 is 0 Å². The van der Waals surface area contributed by atoms with Gasteiger partial charge in [-0.25, -0.2) is 0 Å². The zero-order valence-electron chi connectivity index (χ0n) is 12.4. The molecular weight excluding hydrogens is 387 g/mol. The highest BCUT2D eigenvalue weighted by Crippen LogP contribution is 2.13. The number of benzene rings is 2. The number of carbonyl (C=O) groups is 1. The Bertz CT molecular complexity index is 672. The third-order valence-corrected chi connectivity index (χ3v) is 4.05. The lowest BCUT2D eigenvalue weighted by molar-refractivity contribution is 0.0743. The third kappa shape index (κ3) is 4.31. The van der Waals surface area contributed by atoms with Crippen LogP contribution in [0.2, 0.25) is 0 Å². The summed E-state index contributed by atoms with van der Waals surface area (Å²) in [6, 6.07) is 17.1. The summed E-state index contributed by atoms with van der Waals surface area (Å²) in [6.07, 6.45) is 0.909. The lowest BCUT2D eigenvalue weighted by Crippen LogP contribution is -2.31. The fourth-order valence-corrected chi connectivity index (χ4v) is 2.56. The first-order valence-electron chi connectivity index (χ1n) is 7.18. The maximum atomic E-state index is 12.6. The van der Waals surface area contributed by atoms with E-state index in [2.05, 4.69) is 35.6 Å². The van der Waals surface area contributed by atoms with Gasteiger partial charge in [-0.05, 0) is 71.0 Å². The zero-order chi connectivity index (χ0) is 15.9. The van der Waals surface area contributed by atoms with Gasteiger partial charge in [0.15, 0.2) is 0 Å².